The van der Waals surface area contributed by atoms with Gasteiger partial charge in [-0.1, -0.05) is 12.1 Å². The molecule has 0 aliphatic carbocycles. The molecule has 16 heavy (non-hydrogen) atoms. The number of hydrogen-bond acceptors (Lipinski definition) is 4. The van der Waals surface area contributed by atoms with Crippen molar-refractivity contribution in [2.45, 2.75) is 13.5 Å². The molecule has 0 saturated heterocycles. The molecule has 0 radical (unpaired) electrons. The molecule has 5 nitrogen and oxygen atoms in total. The van der Waals surface area contributed by atoms with Gasteiger partial charge in [0, 0.05) is 0 Å². The number of nitrogens with zero attached hydrogens (tertiary/aromatic N) is 1. The molecule has 0 atom stereocenters. The van der Waals surface area contributed by atoms with E-state index >= 15 is 0 Å². The SMILES string of the molecule is CC=NCOc1ccc(COO)cc1.[C-]#[O+]. The second-order valence-electron chi connectivity index (χ2n) is 2.63. The maximum absolute atomic E-state index is 8.21. The summed E-state index contributed by atoms with van der Waals surface area (Å²) in [7, 11) is 0. The molecule has 0 aliphatic rings. The zero-order valence-electron chi connectivity index (χ0n) is 8.92. The molecule has 0 aliphatic heterocycles. The zero-order chi connectivity index (χ0) is 12.2. The Labute approximate surface area is 94.0 Å². The molecular weight excluding hydrogens is 210 g/mol. The fourth-order valence-corrected chi connectivity index (χ4v) is 0.943. The predicted molar refractivity (Wildman–Crippen MR) is 57.5 cm³/mol. The van der Waals surface area contributed by atoms with Crippen LogP contribution >= 0.6 is 0 Å². The van der Waals surface area contributed by atoms with E-state index in [-0.39, 0.29) is 6.61 Å². The van der Waals surface area contributed by atoms with Gasteiger partial charge in [0.1, 0.15) is 12.4 Å². The zero-order valence-corrected chi connectivity index (χ0v) is 8.92. The summed E-state index contributed by atoms with van der Waals surface area (Å²) in [6.45, 7) is 6.85. The molecule has 1 N–H and O–H groups in total. The van der Waals surface area contributed by atoms with Crippen LogP contribution in [0.2, 0.25) is 0 Å². The third-order valence-electron chi connectivity index (χ3n) is 1.64. The number of benzene rings is 1. The summed E-state index contributed by atoms with van der Waals surface area (Å²) in [6, 6.07) is 7.25. The van der Waals surface area contributed by atoms with Crippen molar-refractivity contribution >= 4 is 6.21 Å². The number of aliphatic imine (C=N–C) groups is 1. The Hall–Kier alpha value is -1.65. The van der Waals surface area contributed by atoms with Crippen molar-refractivity contribution in [3.8, 4) is 5.75 Å². The molecule has 0 heterocycles. The summed E-state index contributed by atoms with van der Waals surface area (Å²) in [4.78, 5) is 7.92. The first-order valence-electron chi connectivity index (χ1n) is 4.49. The van der Waals surface area contributed by atoms with Crippen LogP contribution < -0.4 is 4.74 Å². The van der Waals surface area contributed by atoms with Crippen LogP contribution in [0, 0.1) is 6.65 Å². The number of ether oxygens (including phenoxy) is 1. The molecule has 0 spiro atoms. The van der Waals surface area contributed by atoms with Gasteiger partial charge in [0.15, 0.2) is 6.73 Å². The summed E-state index contributed by atoms with van der Waals surface area (Å²) < 4.78 is 12.8. The van der Waals surface area contributed by atoms with Crippen LogP contribution in [0.15, 0.2) is 29.3 Å². The van der Waals surface area contributed by atoms with E-state index in [0.29, 0.717) is 6.73 Å². The number of hydrogen-bond donors (Lipinski definition) is 1. The van der Waals surface area contributed by atoms with Crippen molar-refractivity contribution in [3.63, 3.8) is 0 Å². The van der Waals surface area contributed by atoms with Crippen LogP contribution in [0.5, 0.6) is 5.75 Å². The summed E-state index contributed by atoms with van der Waals surface area (Å²) in [5.74, 6) is 0.747. The summed E-state index contributed by atoms with van der Waals surface area (Å²) in [5, 5.41) is 8.21. The van der Waals surface area contributed by atoms with Gasteiger partial charge in [0.25, 0.3) is 0 Å². The van der Waals surface area contributed by atoms with Crippen LogP contribution in [-0.4, -0.2) is 18.2 Å². The van der Waals surface area contributed by atoms with Crippen molar-refractivity contribution in [2.75, 3.05) is 6.73 Å². The third kappa shape index (κ3) is 5.95. The fourth-order valence-electron chi connectivity index (χ4n) is 0.943. The topological polar surface area (TPSA) is 70.9 Å². The predicted octanol–water partition coefficient (Wildman–Crippen LogP) is 2.07. The van der Waals surface area contributed by atoms with Gasteiger partial charge in [-0.25, -0.2) is 4.89 Å². The van der Waals surface area contributed by atoms with Crippen molar-refractivity contribution < 1.29 is 19.5 Å². The van der Waals surface area contributed by atoms with Gasteiger partial charge in [-0.2, -0.15) is 0 Å². The van der Waals surface area contributed by atoms with Crippen molar-refractivity contribution in [1.29, 1.82) is 0 Å². The van der Waals surface area contributed by atoms with E-state index in [1.165, 1.54) is 0 Å². The van der Waals surface area contributed by atoms with Crippen LogP contribution in [0.25, 0.3) is 0 Å². The van der Waals surface area contributed by atoms with Crippen LogP contribution in [-0.2, 0) is 16.1 Å². The second-order valence-corrected chi connectivity index (χ2v) is 2.63. The van der Waals surface area contributed by atoms with Gasteiger partial charge in [0.2, 0.25) is 0 Å². The van der Waals surface area contributed by atoms with Gasteiger partial charge in [0.05, 0.1) is 0 Å². The van der Waals surface area contributed by atoms with Gasteiger partial charge < -0.3 is 4.74 Å². The van der Waals surface area contributed by atoms with Gasteiger partial charge in [-0.15, -0.1) is 0 Å². The quantitative estimate of drug-likeness (QED) is 0.273. The minimum absolute atomic E-state index is 0.188. The van der Waals surface area contributed by atoms with E-state index in [1.807, 2.05) is 19.1 Å². The second kappa shape index (κ2) is 9.89. The monoisotopic (exact) mass is 223 g/mol. The van der Waals surface area contributed by atoms with E-state index in [0.717, 1.165) is 11.3 Å². The Kier molecular flexibility index (Phi) is 8.87. The molecule has 0 aromatic heterocycles. The van der Waals surface area contributed by atoms with E-state index in [9.17, 15) is 0 Å². The summed E-state index contributed by atoms with van der Waals surface area (Å²) in [6.07, 6.45) is 1.69. The van der Waals surface area contributed by atoms with Crippen LogP contribution in [0.1, 0.15) is 12.5 Å². The van der Waals surface area contributed by atoms with E-state index < -0.39 is 0 Å². The molecule has 0 saturated carbocycles. The molecule has 1 aromatic carbocycles. The third-order valence-corrected chi connectivity index (χ3v) is 1.64. The molecular formula is C11H13NO4. The Morgan fingerprint density at radius 2 is 2.00 bits per heavy atom. The normalized spacial score (nSPS) is 9.50. The van der Waals surface area contributed by atoms with Gasteiger partial charge >= 0.3 is 11.3 Å². The first-order chi connectivity index (χ1) is 7.86. The first kappa shape index (κ1) is 14.3. The standard InChI is InChI=1S/C10H13NO3.CO/c1-2-11-8-13-10-5-3-9(4-6-10)7-14-12;1-2/h2-6,12H,7-8H2,1H3;. The Morgan fingerprint density at radius 1 is 1.38 bits per heavy atom. The summed E-state index contributed by atoms with van der Waals surface area (Å²) >= 11 is 0. The Bertz CT molecular complexity index is 319. The van der Waals surface area contributed by atoms with Gasteiger partial charge in [-0.3, -0.25) is 10.2 Å². The average Bonchev–Trinajstić information content (AvgIpc) is 2.35. The molecule has 5 heteroatoms. The van der Waals surface area contributed by atoms with Crippen molar-refractivity contribution in [3.05, 3.63) is 36.5 Å². The first-order valence-corrected chi connectivity index (χ1v) is 4.49. The van der Waals surface area contributed by atoms with Crippen molar-refractivity contribution in [1.82, 2.24) is 0 Å². The van der Waals surface area contributed by atoms with E-state index in [1.54, 1.807) is 18.3 Å². The minimum atomic E-state index is 0.188. The van der Waals surface area contributed by atoms with Crippen molar-refractivity contribution in [2.24, 2.45) is 4.99 Å². The fraction of sp³-hybridized carbons (Fsp3) is 0.273. The Morgan fingerprint density at radius 3 is 2.50 bits per heavy atom. The van der Waals surface area contributed by atoms with E-state index in [2.05, 4.69) is 16.5 Å². The maximum atomic E-state index is 8.21. The molecule has 1 aromatic rings. The molecule has 0 fully saturated rings. The van der Waals surface area contributed by atoms with Crippen LogP contribution in [0.3, 0.4) is 0 Å². The van der Waals surface area contributed by atoms with Crippen LogP contribution in [0.4, 0.5) is 0 Å². The molecule has 0 bridgehead atoms. The Balaban J connectivity index is 0.00000106. The summed E-state index contributed by atoms with van der Waals surface area (Å²) in [5.41, 5.74) is 0.888. The average molecular weight is 223 g/mol. The molecule has 86 valence electrons. The molecule has 0 unspecified atom stereocenters. The molecule has 0 amide bonds. The number of rotatable bonds is 5. The van der Waals surface area contributed by atoms with Gasteiger partial charge in [-0.05, 0) is 30.8 Å². The molecule has 1 rings (SSSR count). The van der Waals surface area contributed by atoms with E-state index in [4.69, 9.17) is 14.6 Å².